The first-order chi connectivity index (χ1) is 11.1. The minimum atomic E-state index is -0.877. The molecular formula is C16H19NO6. The van der Waals surface area contributed by atoms with E-state index >= 15 is 0 Å². The number of unbranched alkanes of at least 4 members (excludes halogenated alkanes) is 1. The average molecular weight is 321 g/mol. The Bertz CT molecular complexity index is 559. The molecule has 0 spiro atoms. The highest BCUT2D eigenvalue weighted by atomic mass is 16.6. The number of carbonyl (C=O) groups excluding carboxylic acids is 2. The summed E-state index contributed by atoms with van der Waals surface area (Å²) < 4.78 is 10.1. The molecule has 1 aliphatic heterocycles. The van der Waals surface area contributed by atoms with Crippen molar-refractivity contribution >= 4 is 18.0 Å². The van der Waals surface area contributed by atoms with Crippen LogP contribution in [0.15, 0.2) is 30.3 Å². The van der Waals surface area contributed by atoms with Gasteiger partial charge in [-0.15, -0.1) is 0 Å². The van der Waals surface area contributed by atoms with E-state index in [1.54, 1.807) is 0 Å². The van der Waals surface area contributed by atoms with Gasteiger partial charge in [0.15, 0.2) is 6.73 Å². The zero-order valence-corrected chi connectivity index (χ0v) is 12.6. The highest BCUT2D eigenvalue weighted by Crippen LogP contribution is 2.19. The third kappa shape index (κ3) is 4.98. The lowest BCUT2D eigenvalue weighted by molar-refractivity contribution is -0.139. The smallest absolute Gasteiger partial charge is 0.413 e. The van der Waals surface area contributed by atoms with Gasteiger partial charge in [-0.2, -0.15) is 0 Å². The van der Waals surface area contributed by atoms with Gasteiger partial charge in [-0.3, -0.25) is 9.69 Å². The number of rotatable bonds is 7. The SMILES string of the molecule is O=C(O)CCCCC1C(=O)OCN1C(=O)OCc1ccccc1. The van der Waals surface area contributed by atoms with E-state index in [-0.39, 0.29) is 19.8 Å². The second-order valence-electron chi connectivity index (χ2n) is 5.26. The molecule has 0 bridgehead atoms. The zero-order valence-electron chi connectivity index (χ0n) is 12.6. The monoisotopic (exact) mass is 321 g/mol. The van der Waals surface area contributed by atoms with E-state index in [9.17, 15) is 14.4 Å². The Balaban J connectivity index is 1.82. The quantitative estimate of drug-likeness (QED) is 0.611. The minimum absolute atomic E-state index is 0.0419. The van der Waals surface area contributed by atoms with Gasteiger partial charge in [-0.25, -0.2) is 9.59 Å². The first-order valence-corrected chi connectivity index (χ1v) is 7.43. The van der Waals surface area contributed by atoms with Crippen LogP contribution in [-0.2, 0) is 25.7 Å². The summed E-state index contributed by atoms with van der Waals surface area (Å²) in [6.45, 7) is -0.00779. The van der Waals surface area contributed by atoms with Gasteiger partial charge in [0.05, 0.1) is 0 Å². The molecule has 0 radical (unpaired) electrons. The zero-order chi connectivity index (χ0) is 16.7. The molecule has 1 atom stereocenters. The molecule has 7 heteroatoms. The molecule has 1 heterocycles. The van der Waals surface area contributed by atoms with Crippen LogP contribution in [0, 0.1) is 0 Å². The standard InChI is InChI=1S/C16H19NO6/c18-14(19)9-5-4-8-13-15(20)23-11-17(13)16(21)22-10-12-6-2-1-3-7-12/h1-3,6-7,13H,4-5,8-11H2,(H,18,19). The van der Waals surface area contributed by atoms with E-state index in [1.165, 1.54) is 4.90 Å². The molecule has 0 saturated carbocycles. The van der Waals surface area contributed by atoms with Crippen molar-refractivity contribution in [3.8, 4) is 0 Å². The molecule has 1 saturated heterocycles. The van der Waals surface area contributed by atoms with Crippen LogP contribution >= 0.6 is 0 Å². The van der Waals surface area contributed by atoms with E-state index in [2.05, 4.69) is 0 Å². The summed E-state index contributed by atoms with van der Waals surface area (Å²) in [4.78, 5) is 35.5. The van der Waals surface area contributed by atoms with Crippen LogP contribution in [0.1, 0.15) is 31.2 Å². The fourth-order valence-electron chi connectivity index (χ4n) is 2.32. The molecule has 2 rings (SSSR count). The van der Waals surface area contributed by atoms with Gasteiger partial charge >= 0.3 is 18.0 Å². The number of nitrogens with zero attached hydrogens (tertiary/aromatic N) is 1. The van der Waals surface area contributed by atoms with Gasteiger partial charge in [0.25, 0.3) is 0 Å². The van der Waals surface area contributed by atoms with E-state index in [0.717, 1.165) is 5.56 Å². The highest BCUT2D eigenvalue weighted by molar-refractivity contribution is 5.83. The molecule has 0 aromatic heterocycles. The summed E-state index contributed by atoms with van der Waals surface area (Å²) in [7, 11) is 0. The Hall–Kier alpha value is -2.57. The Morgan fingerprint density at radius 1 is 1.26 bits per heavy atom. The Morgan fingerprint density at radius 3 is 2.70 bits per heavy atom. The van der Waals surface area contributed by atoms with Crippen molar-refractivity contribution in [1.82, 2.24) is 4.90 Å². The number of carboxylic acids is 1. The third-order valence-electron chi connectivity index (χ3n) is 3.55. The molecule has 1 aromatic rings. The Morgan fingerprint density at radius 2 is 2.00 bits per heavy atom. The summed E-state index contributed by atoms with van der Waals surface area (Å²) in [6.07, 6.45) is 0.774. The molecule has 1 N–H and O–H groups in total. The number of esters is 1. The Labute approximate surface area is 133 Å². The van der Waals surface area contributed by atoms with Crippen molar-refractivity contribution in [2.45, 2.75) is 38.3 Å². The molecule has 1 amide bonds. The van der Waals surface area contributed by atoms with Crippen molar-refractivity contribution in [3.63, 3.8) is 0 Å². The van der Waals surface area contributed by atoms with E-state index in [4.69, 9.17) is 14.6 Å². The number of hydrogen-bond acceptors (Lipinski definition) is 5. The number of carbonyl (C=O) groups is 3. The van der Waals surface area contributed by atoms with Crippen LogP contribution in [0.3, 0.4) is 0 Å². The van der Waals surface area contributed by atoms with Gasteiger partial charge in [0, 0.05) is 6.42 Å². The maximum Gasteiger partial charge on any atom is 0.413 e. The van der Waals surface area contributed by atoms with Crippen LogP contribution in [0.2, 0.25) is 0 Å². The summed E-state index contributed by atoms with van der Waals surface area (Å²) in [5, 5.41) is 8.60. The number of ether oxygens (including phenoxy) is 2. The fourth-order valence-corrected chi connectivity index (χ4v) is 2.32. The second-order valence-corrected chi connectivity index (χ2v) is 5.26. The van der Waals surface area contributed by atoms with Crippen LogP contribution < -0.4 is 0 Å². The molecule has 1 unspecified atom stereocenters. The van der Waals surface area contributed by atoms with Crippen LogP contribution in [-0.4, -0.2) is 40.8 Å². The Kier molecular flexibility index (Phi) is 5.96. The lowest BCUT2D eigenvalue weighted by Crippen LogP contribution is -2.38. The van der Waals surface area contributed by atoms with Crippen LogP contribution in [0.5, 0.6) is 0 Å². The number of aliphatic carboxylic acids is 1. The first kappa shape index (κ1) is 16.8. The van der Waals surface area contributed by atoms with Gasteiger partial charge in [0.2, 0.25) is 0 Å². The molecule has 1 fully saturated rings. The number of cyclic esters (lactones) is 1. The van der Waals surface area contributed by atoms with Gasteiger partial charge < -0.3 is 14.6 Å². The number of hydrogen-bond donors (Lipinski definition) is 1. The number of carboxylic acid groups (broad SMARTS) is 1. The van der Waals surface area contributed by atoms with Crippen LogP contribution in [0.4, 0.5) is 4.79 Å². The average Bonchev–Trinajstić information content (AvgIpc) is 2.91. The van der Waals surface area contributed by atoms with Crippen molar-refractivity contribution < 1.29 is 29.0 Å². The minimum Gasteiger partial charge on any atom is -0.481 e. The predicted molar refractivity (Wildman–Crippen MR) is 79.3 cm³/mol. The molecular weight excluding hydrogens is 302 g/mol. The summed E-state index contributed by atoms with van der Waals surface area (Å²) in [5.74, 6) is -1.35. The maximum atomic E-state index is 12.1. The third-order valence-corrected chi connectivity index (χ3v) is 3.55. The lowest BCUT2D eigenvalue weighted by Gasteiger charge is -2.19. The largest absolute Gasteiger partial charge is 0.481 e. The maximum absolute atomic E-state index is 12.1. The van der Waals surface area contributed by atoms with E-state index in [0.29, 0.717) is 19.3 Å². The molecule has 0 aliphatic carbocycles. The van der Waals surface area contributed by atoms with Crippen molar-refractivity contribution in [2.75, 3.05) is 6.73 Å². The van der Waals surface area contributed by atoms with Crippen molar-refractivity contribution in [3.05, 3.63) is 35.9 Å². The lowest BCUT2D eigenvalue weighted by atomic mass is 10.1. The first-order valence-electron chi connectivity index (χ1n) is 7.43. The number of amides is 1. The molecule has 124 valence electrons. The molecule has 7 nitrogen and oxygen atoms in total. The van der Waals surface area contributed by atoms with Crippen molar-refractivity contribution in [1.29, 1.82) is 0 Å². The normalized spacial score (nSPS) is 17.0. The van der Waals surface area contributed by atoms with Crippen molar-refractivity contribution in [2.24, 2.45) is 0 Å². The topological polar surface area (TPSA) is 93.1 Å². The highest BCUT2D eigenvalue weighted by Gasteiger charge is 2.38. The van der Waals surface area contributed by atoms with E-state index in [1.807, 2.05) is 30.3 Å². The second kappa shape index (κ2) is 8.17. The molecule has 1 aliphatic rings. The summed E-state index contributed by atoms with van der Waals surface area (Å²) in [5.41, 5.74) is 0.852. The van der Waals surface area contributed by atoms with Gasteiger partial charge in [0.1, 0.15) is 12.6 Å². The molecule has 23 heavy (non-hydrogen) atoms. The van der Waals surface area contributed by atoms with E-state index < -0.39 is 24.1 Å². The fraction of sp³-hybridized carbons (Fsp3) is 0.438. The number of benzene rings is 1. The molecule has 1 aromatic carbocycles. The predicted octanol–water partition coefficient (Wildman–Crippen LogP) is 2.15. The summed E-state index contributed by atoms with van der Waals surface area (Å²) in [6, 6.07) is 8.52. The summed E-state index contributed by atoms with van der Waals surface area (Å²) >= 11 is 0. The van der Waals surface area contributed by atoms with Gasteiger partial charge in [-0.05, 0) is 18.4 Å². The van der Waals surface area contributed by atoms with Crippen LogP contribution in [0.25, 0.3) is 0 Å². The van der Waals surface area contributed by atoms with Gasteiger partial charge in [-0.1, -0.05) is 36.8 Å².